The summed E-state index contributed by atoms with van der Waals surface area (Å²) in [5.41, 5.74) is 0.850. The highest BCUT2D eigenvalue weighted by Gasteiger charge is 2.13. The maximum Gasteiger partial charge on any atom is 0.363 e. The summed E-state index contributed by atoms with van der Waals surface area (Å²) in [6, 6.07) is 3.56. The van der Waals surface area contributed by atoms with Crippen molar-refractivity contribution in [2.24, 2.45) is 0 Å². The predicted octanol–water partition coefficient (Wildman–Crippen LogP) is 1.54. The average molecular weight is 236 g/mol. The van der Waals surface area contributed by atoms with Crippen LogP contribution in [0.2, 0.25) is 0 Å². The van der Waals surface area contributed by atoms with Crippen LogP contribution in [-0.2, 0) is 0 Å². The van der Waals surface area contributed by atoms with Crippen molar-refractivity contribution in [3.05, 3.63) is 28.4 Å². The first-order valence-electron chi connectivity index (χ1n) is 5.83. The number of nitrogens with zero attached hydrogens (tertiary/aromatic N) is 2. The second-order valence-corrected chi connectivity index (χ2v) is 4.18. The SMILES string of the molecule is O=[N+]([O-])c1ccc(NC2CCCNCC2)cn1. The summed E-state index contributed by atoms with van der Waals surface area (Å²) in [5.74, 6) is -0.113. The Balaban J connectivity index is 1.95. The van der Waals surface area contributed by atoms with E-state index in [2.05, 4.69) is 15.6 Å². The highest BCUT2D eigenvalue weighted by Crippen LogP contribution is 2.15. The Bertz CT molecular complexity index is 372. The number of nitro groups is 1. The summed E-state index contributed by atoms with van der Waals surface area (Å²) in [6.45, 7) is 2.08. The van der Waals surface area contributed by atoms with Gasteiger partial charge in [-0.3, -0.25) is 0 Å². The van der Waals surface area contributed by atoms with Crippen LogP contribution in [0, 0.1) is 10.1 Å². The van der Waals surface area contributed by atoms with E-state index in [4.69, 9.17) is 0 Å². The lowest BCUT2D eigenvalue weighted by Crippen LogP contribution is -2.21. The van der Waals surface area contributed by atoms with Gasteiger partial charge in [0.1, 0.15) is 0 Å². The fourth-order valence-electron chi connectivity index (χ4n) is 1.98. The lowest BCUT2D eigenvalue weighted by Gasteiger charge is -2.15. The van der Waals surface area contributed by atoms with Gasteiger partial charge in [-0.1, -0.05) is 0 Å². The molecular weight excluding hydrogens is 220 g/mol. The van der Waals surface area contributed by atoms with E-state index in [0.29, 0.717) is 6.04 Å². The second-order valence-electron chi connectivity index (χ2n) is 4.18. The van der Waals surface area contributed by atoms with Crippen LogP contribution < -0.4 is 10.6 Å². The fourth-order valence-corrected chi connectivity index (χ4v) is 1.98. The molecule has 6 nitrogen and oxygen atoms in total. The molecule has 1 aromatic heterocycles. The Morgan fingerprint density at radius 2 is 2.29 bits per heavy atom. The molecule has 0 amide bonds. The molecule has 1 saturated heterocycles. The van der Waals surface area contributed by atoms with Crippen LogP contribution >= 0.6 is 0 Å². The number of rotatable bonds is 3. The zero-order chi connectivity index (χ0) is 12.1. The third kappa shape index (κ3) is 3.39. The molecule has 1 atom stereocenters. The van der Waals surface area contributed by atoms with Gasteiger partial charge in [-0.25, -0.2) is 0 Å². The number of hydrogen-bond donors (Lipinski definition) is 2. The number of pyridine rings is 1. The van der Waals surface area contributed by atoms with Gasteiger partial charge < -0.3 is 20.7 Å². The third-order valence-electron chi connectivity index (χ3n) is 2.88. The topological polar surface area (TPSA) is 80.1 Å². The molecular formula is C11H16N4O2. The third-order valence-corrected chi connectivity index (χ3v) is 2.88. The summed E-state index contributed by atoms with van der Waals surface area (Å²) < 4.78 is 0. The highest BCUT2D eigenvalue weighted by atomic mass is 16.6. The second kappa shape index (κ2) is 5.58. The Morgan fingerprint density at radius 1 is 1.41 bits per heavy atom. The predicted molar refractivity (Wildman–Crippen MR) is 65.0 cm³/mol. The van der Waals surface area contributed by atoms with Crippen LogP contribution in [0.4, 0.5) is 11.5 Å². The zero-order valence-electron chi connectivity index (χ0n) is 9.56. The molecule has 0 saturated carbocycles. The van der Waals surface area contributed by atoms with E-state index in [1.807, 2.05) is 0 Å². The van der Waals surface area contributed by atoms with Crippen LogP contribution in [0.3, 0.4) is 0 Å². The molecule has 92 valence electrons. The first-order valence-corrected chi connectivity index (χ1v) is 5.83. The quantitative estimate of drug-likeness (QED) is 0.614. The monoisotopic (exact) mass is 236 g/mol. The summed E-state index contributed by atoms with van der Waals surface area (Å²) >= 11 is 0. The van der Waals surface area contributed by atoms with Crippen molar-refractivity contribution >= 4 is 11.5 Å². The highest BCUT2D eigenvalue weighted by molar-refractivity contribution is 5.44. The zero-order valence-corrected chi connectivity index (χ0v) is 9.56. The van der Waals surface area contributed by atoms with E-state index < -0.39 is 4.92 Å². The summed E-state index contributed by atoms with van der Waals surface area (Å²) in [4.78, 5) is 13.8. The Kier molecular flexibility index (Phi) is 3.87. The minimum atomic E-state index is -0.487. The largest absolute Gasteiger partial charge is 0.379 e. The molecule has 1 fully saturated rings. The van der Waals surface area contributed by atoms with Gasteiger partial charge in [0, 0.05) is 12.1 Å². The lowest BCUT2D eigenvalue weighted by molar-refractivity contribution is -0.389. The molecule has 1 aliphatic rings. The average Bonchev–Trinajstić information content (AvgIpc) is 2.58. The molecule has 17 heavy (non-hydrogen) atoms. The number of nitrogens with one attached hydrogen (secondary N) is 2. The number of anilines is 1. The van der Waals surface area contributed by atoms with Crippen molar-refractivity contribution in [3.8, 4) is 0 Å². The van der Waals surface area contributed by atoms with Crippen molar-refractivity contribution in [1.29, 1.82) is 0 Å². The van der Waals surface area contributed by atoms with Gasteiger partial charge in [0.2, 0.25) is 0 Å². The van der Waals surface area contributed by atoms with Crippen LogP contribution in [0.5, 0.6) is 0 Å². The summed E-state index contributed by atoms with van der Waals surface area (Å²) in [6.07, 6.45) is 4.86. The van der Waals surface area contributed by atoms with E-state index in [0.717, 1.165) is 38.0 Å². The van der Waals surface area contributed by atoms with E-state index >= 15 is 0 Å². The fraction of sp³-hybridized carbons (Fsp3) is 0.545. The summed E-state index contributed by atoms with van der Waals surface area (Å²) in [7, 11) is 0. The summed E-state index contributed by atoms with van der Waals surface area (Å²) in [5, 5.41) is 17.2. The van der Waals surface area contributed by atoms with Crippen molar-refractivity contribution in [3.63, 3.8) is 0 Å². The molecule has 2 heterocycles. The molecule has 2 rings (SSSR count). The minimum Gasteiger partial charge on any atom is -0.379 e. The van der Waals surface area contributed by atoms with Gasteiger partial charge in [0.15, 0.2) is 6.20 Å². The molecule has 1 aliphatic heterocycles. The molecule has 1 aromatic rings. The first kappa shape index (κ1) is 11.8. The van der Waals surface area contributed by atoms with Crippen molar-refractivity contribution < 1.29 is 4.92 Å². The van der Waals surface area contributed by atoms with E-state index in [9.17, 15) is 10.1 Å². The van der Waals surface area contributed by atoms with Gasteiger partial charge >= 0.3 is 5.82 Å². The smallest absolute Gasteiger partial charge is 0.363 e. The van der Waals surface area contributed by atoms with Gasteiger partial charge in [0.05, 0.1) is 5.69 Å². The Hall–Kier alpha value is -1.69. The van der Waals surface area contributed by atoms with Crippen molar-refractivity contribution in [1.82, 2.24) is 10.3 Å². The van der Waals surface area contributed by atoms with Gasteiger partial charge in [0.25, 0.3) is 0 Å². The van der Waals surface area contributed by atoms with Crippen LogP contribution in [0.15, 0.2) is 18.3 Å². The van der Waals surface area contributed by atoms with Gasteiger partial charge in [-0.05, 0) is 48.3 Å². The van der Waals surface area contributed by atoms with Crippen LogP contribution in [0.1, 0.15) is 19.3 Å². The molecule has 2 N–H and O–H groups in total. The Labute approximate surface area is 99.6 Å². The van der Waals surface area contributed by atoms with Crippen LogP contribution in [-0.4, -0.2) is 29.0 Å². The maximum absolute atomic E-state index is 10.5. The molecule has 0 bridgehead atoms. The minimum absolute atomic E-state index is 0.113. The molecule has 1 unspecified atom stereocenters. The van der Waals surface area contributed by atoms with Crippen molar-refractivity contribution in [2.75, 3.05) is 18.4 Å². The van der Waals surface area contributed by atoms with Gasteiger partial charge in [-0.2, -0.15) is 0 Å². The normalized spacial score (nSPS) is 20.6. The molecule has 6 heteroatoms. The van der Waals surface area contributed by atoms with Crippen LogP contribution in [0.25, 0.3) is 0 Å². The van der Waals surface area contributed by atoms with E-state index in [1.54, 1.807) is 6.07 Å². The molecule has 0 spiro atoms. The molecule has 0 radical (unpaired) electrons. The number of hydrogen-bond acceptors (Lipinski definition) is 5. The maximum atomic E-state index is 10.5. The van der Waals surface area contributed by atoms with Crippen molar-refractivity contribution in [2.45, 2.75) is 25.3 Å². The number of aromatic nitrogens is 1. The molecule has 0 aromatic carbocycles. The van der Waals surface area contributed by atoms with Gasteiger partial charge in [-0.15, -0.1) is 0 Å². The lowest BCUT2D eigenvalue weighted by atomic mass is 10.1. The molecule has 0 aliphatic carbocycles. The standard InChI is InChI=1S/C11H16N4O2/c16-15(17)11-4-3-10(8-13-11)14-9-2-1-6-12-7-5-9/h3-4,8-9,12,14H,1-2,5-7H2. The Morgan fingerprint density at radius 3 is 3.00 bits per heavy atom. The van der Waals surface area contributed by atoms with E-state index in [-0.39, 0.29) is 5.82 Å². The first-order chi connectivity index (χ1) is 8.25. The van der Waals surface area contributed by atoms with E-state index in [1.165, 1.54) is 12.3 Å².